The summed E-state index contributed by atoms with van der Waals surface area (Å²) in [6, 6.07) is 46.1. The van der Waals surface area contributed by atoms with E-state index in [0.717, 1.165) is 61.3 Å². The van der Waals surface area contributed by atoms with Crippen LogP contribution in [0.15, 0.2) is 187 Å². The maximum atomic E-state index is 5.41. The van der Waals surface area contributed by atoms with Gasteiger partial charge in [-0.3, -0.25) is 4.98 Å². The summed E-state index contributed by atoms with van der Waals surface area (Å²) in [5.41, 5.74) is 12.9. The van der Waals surface area contributed by atoms with Crippen LogP contribution < -0.4 is 0 Å². The van der Waals surface area contributed by atoms with Gasteiger partial charge in [-0.05, 0) is 61.7 Å². The van der Waals surface area contributed by atoms with Gasteiger partial charge in [-0.25, -0.2) is 15.0 Å². The summed E-state index contributed by atoms with van der Waals surface area (Å²) in [6.07, 6.45) is 17.0. The Morgan fingerprint density at radius 2 is 1.16 bits per heavy atom. The first-order chi connectivity index (χ1) is 28.7. The van der Waals surface area contributed by atoms with Crippen molar-refractivity contribution in [3.63, 3.8) is 0 Å². The molecule has 5 heteroatoms. The van der Waals surface area contributed by atoms with E-state index in [1.807, 2.05) is 24.5 Å². The summed E-state index contributed by atoms with van der Waals surface area (Å²) >= 11 is 1.80. The zero-order chi connectivity index (χ0) is 38.8. The van der Waals surface area contributed by atoms with Crippen LogP contribution in [0.4, 0.5) is 0 Å². The Labute approximate surface area is 342 Å². The molecule has 2 aromatic heterocycles. The van der Waals surface area contributed by atoms with Crippen molar-refractivity contribution in [1.29, 1.82) is 0 Å². The maximum Gasteiger partial charge on any atom is 0.164 e. The largest absolute Gasteiger partial charge is 0.263 e. The average molecular weight is 761 g/mol. The fraction of sp³-hybridized carbons (Fsp3) is 0.0566. The molecule has 58 heavy (non-hydrogen) atoms. The van der Waals surface area contributed by atoms with Gasteiger partial charge < -0.3 is 0 Å². The van der Waals surface area contributed by atoms with Gasteiger partial charge in [-0.2, -0.15) is 0 Å². The normalized spacial score (nSPS) is 15.4. The number of benzene rings is 6. The van der Waals surface area contributed by atoms with Crippen molar-refractivity contribution < 1.29 is 0 Å². The van der Waals surface area contributed by atoms with Gasteiger partial charge in [0.15, 0.2) is 11.6 Å². The Hall–Kier alpha value is -6.95. The number of hydrogen-bond donors (Lipinski definition) is 0. The lowest BCUT2D eigenvalue weighted by Gasteiger charge is -2.41. The van der Waals surface area contributed by atoms with Gasteiger partial charge in [-0.1, -0.05) is 189 Å². The van der Waals surface area contributed by atoms with Gasteiger partial charge in [0.1, 0.15) is 5.82 Å². The molecule has 1 aliphatic heterocycles. The zero-order valence-electron chi connectivity index (χ0n) is 31.6. The summed E-state index contributed by atoms with van der Waals surface area (Å²) in [5, 5.41) is 2.26. The van der Waals surface area contributed by atoms with Crippen LogP contribution in [0.5, 0.6) is 0 Å². The fourth-order valence-electron chi connectivity index (χ4n) is 9.42. The number of aromatic nitrogens is 4. The van der Waals surface area contributed by atoms with E-state index in [1.54, 1.807) is 11.8 Å². The van der Waals surface area contributed by atoms with Gasteiger partial charge in [0, 0.05) is 50.4 Å². The molecule has 2 aliphatic carbocycles. The van der Waals surface area contributed by atoms with Gasteiger partial charge in [0.25, 0.3) is 0 Å². The summed E-state index contributed by atoms with van der Waals surface area (Å²) in [7, 11) is 0. The molecule has 0 fully saturated rings. The van der Waals surface area contributed by atoms with E-state index in [-0.39, 0.29) is 5.92 Å². The van der Waals surface area contributed by atoms with E-state index in [1.165, 1.54) is 38.3 Å². The van der Waals surface area contributed by atoms with Gasteiger partial charge >= 0.3 is 0 Å². The highest BCUT2D eigenvalue weighted by Gasteiger charge is 2.51. The van der Waals surface area contributed by atoms with E-state index in [9.17, 15) is 0 Å². The van der Waals surface area contributed by atoms with Gasteiger partial charge in [-0.15, -0.1) is 0 Å². The topological polar surface area (TPSA) is 51.6 Å². The first kappa shape index (κ1) is 34.3. The van der Waals surface area contributed by atoms with Gasteiger partial charge in [0.05, 0.1) is 5.41 Å². The molecular formula is C53H36N4S. The molecule has 0 N–H and O–H groups in total. The maximum absolute atomic E-state index is 5.41. The van der Waals surface area contributed by atoms with Crippen LogP contribution >= 0.6 is 11.8 Å². The van der Waals surface area contributed by atoms with Crippen LogP contribution in [-0.4, -0.2) is 19.9 Å². The Kier molecular flexibility index (Phi) is 8.05. The number of allylic oxidation sites excluding steroid dienone is 4. The van der Waals surface area contributed by atoms with Crippen molar-refractivity contribution in [2.75, 3.05) is 0 Å². The van der Waals surface area contributed by atoms with Crippen molar-refractivity contribution in [2.45, 2.75) is 27.5 Å². The predicted octanol–water partition coefficient (Wildman–Crippen LogP) is 13.1. The molecule has 0 saturated carbocycles. The minimum atomic E-state index is -0.613. The van der Waals surface area contributed by atoms with Crippen LogP contribution in [0.1, 0.15) is 51.5 Å². The molecule has 1 spiro atoms. The highest BCUT2D eigenvalue weighted by atomic mass is 32.2. The van der Waals surface area contributed by atoms with Crippen molar-refractivity contribution in [2.24, 2.45) is 0 Å². The summed E-state index contributed by atoms with van der Waals surface area (Å²) in [4.78, 5) is 23.0. The standard InChI is InChI=1S/C53H36N4S/c1-3-33-31-54-32-43(36(33)4-2)40-24-15-29-46-48(40)58-49-42(26-16-30-47(49)53(46)44-27-12-10-22-38(44)39-23-11-13-28-45(39)53)52-56-50(35-18-6-5-7-19-35)55-51(57-52)41-25-14-20-34-17-8-9-21-37(34)41/h3-18,20-32,35H,1-2,19H2. The lowest BCUT2D eigenvalue weighted by molar-refractivity contribution is 0.722. The molecule has 0 radical (unpaired) electrons. The summed E-state index contributed by atoms with van der Waals surface area (Å²) in [6.45, 7) is 8.35. The number of fused-ring (bicyclic) bond motifs is 10. The van der Waals surface area contributed by atoms with Crippen molar-refractivity contribution in [3.8, 4) is 45.0 Å². The van der Waals surface area contributed by atoms with E-state index in [4.69, 9.17) is 19.9 Å². The number of pyridine rings is 1. The Bertz CT molecular complexity index is 3030. The predicted molar refractivity (Wildman–Crippen MR) is 239 cm³/mol. The SMILES string of the molecule is C=Cc1cncc(-c2cccc3c2Sc2c(-c4nc(-c5cccc6ccccc56)nc(C5C=CC=CC5)n4)cccc2C32c3ccccc3-c3ccccc32)c1C=C. The molecular weight excluding hydrogens is 725 g/mol. The Morgan fingerprint density at radius 1 is 0.552 bits per heavy atom. The quantitative estimate of drug-likeness (QED) is 0.169. The molecule has 6 aromatic carbocycles. The zero-order valence-corrected chi connectivity index (χ0v) is 32.5. The molecule has 1 unspecified atom stereocenters. The third kappa shape index (κ3) is 5.03. The Morgan fingerprint density at radius 3 is 1.88 bits per heavy atom. The summed E-state index contributed by atoms with van der Waals surface area (Å²) < 4.78 is 0. The molecule has 0 amide bonds. The highest BCUT2D eigenvalue weighted by Crippen LogP contribution is 2.64. The number of nitrogens with zero attached hydrogens (tertiary/aromatic N) is 4. The molecule has 3 heterocycles. The van der Waals surface area contributed by atoms with Crippen LogP contribution in [-0.2, 0) is 5.41 Å². The van der Waals surface area contributed by atoms with Crippen molar-refractivity contribution in [1.82, 2.24) is 19.9 Å². The first-order valence-electron chi connectivity index (χ1n) is 19.6. The number of hydrogen-bond acceptors (Lipinski definition) is 5. The Balaban J connectivity index is 1.23. The van der Waals surface area contributed by atoms with E-state index in [0.29, 0.717) is 11.6 Å². The molecule has 3 aliphatic rings. The monoisotopic (exact) mass is 760 g/mol. The van der Waals surface area contributed by atoms with E-state index in [2.05, 4.69) is 165 Å². The van der Waals surface area contributed by atoms with Crippen LogP contribution in [0.3, 0.4) is 0 Å². The molecule has 0 saturated heterocycles. The number of rotatable bonds is 6. The minimum Gasteiger partial charge on any atom is -0.263 e. The smallest absolute Gasteiger partial charge is 0.164 e. The second-order valence-electron chi connectivity index (χ2n) is 14.9. The highest BCUT2D eigenvalue weighted by molar-refractivity contribution is 7.99. The van der Waals surface area contributed by atoms with E-state index < -0.39 is 5.41 Å². The van der Waals surface area contributed by atoms with Crippen LogP contribution in [0.25, 0.3) is 68.0 Å². The summed E-state index contributed by atoms with van der Waals surface area (Å²) in [5.74, 6) is 2.13. The second kappa shape index (κ2) is 13.6. The first-order valence-corrected chi connectivity index (χ1v) is 20.5. The second-order valence-corrected chi connectivity index (χ2v) is 15.9. The van der Waals surface area contributed by atoms with Crippen LogP contribution in [0.2, 0.25) is 0 Å². The van der Waals surface area contributed by atoms with E-state index >= 15 is 0 Å². The average Bonchev–Trinajstić information content (AvgIpc) is 3.59. The third-order valence-electron chi connectivity index (χ3n) is 12.0. The molecule has 274 valence electrons. The lowest BCUT2D eigenvalue weighted by atomic mass is 9.66. The fourth-order valence-corrected chi connectivity index (χ4v) is 10.8. The minimum absolute atomic E-state index is 0.0295. The van der Waals surface area contributed by atoms with Gasteiger partial charge in [0.2, 0.25) is 0 Å². The van der Waals surface area contributed by atoms with Crippen molar-refractivity contribution >= 4 is 34.7 Å². The molecule has 11 rings (SSSR count). The van der Waals surface area contributed by atoms with Crippen molar-refractivity contribution in [3.05, 3.63) is 216 Å². The molecule has 0 bridgehead atoms. The van der Waals surface area contributed by atoms with Crippen LogP contribution in [0, 0.1) is 0 Å². The molecule has 4 nitrogen and oxygen atoms in total. The lowest BCUT2D eigenvalue weighted by Crippen LogP contribution is -2.32. The third-order valence-corrected chi connectivity index (χ3v) is 13.3. The molecule has 1 atom stereocenters. The molecule has 8 aromatic rings.